The Bertz CT molecular complexity index is 317. The Morgan fingerprint density at radius 1 is 1.29 bits per heavy atom. The van der Waals surface area contributed by atoms with Gasteiger partial charge in [0, 0.05) is 12.5 Å². The molecule has 0 heterocycles. The van der Waals surface area contributed by atoms with Gasteiger partial charge in [-0.25, -0.2) is 8.78 Å². The van der Waals surface area contributed by atoms with Crippen molar-refractivity contribution in [2.45, 2.75) is 26.2 Å². The topological polar surface area (TPSA) is 0 Å². The van der Waals surface area contributed by atoms with E-state index in [1.807, 2.05) is 6.92 Å². The van der Waals surface area contributed by atoms with Gasteiger partial charge < -0.3 is 0 Å². The lowest BCUT2D eigenvalue weighted by molar-refractivity contribution is 0.0174. The number of hydrogen-bond donors (Lipinski definition) is 0. The Morgan fingerprint density at radius 2 is 1.79 bits per heavy atom. The van der Waals surface area contributed by atoms with E-state index < -0.39 is 5.92 Å². The minimum atomic E-state index is -2.75. The van der Waals surface area contributed by atoms with Crippen molar-refractivity contribution in [3.05, 3.63) is 47.5 Å². The third-order valence-corrected chi connectivity index (χ3v) is 1.97. The maximum Gasteiger partial charge on any atom is 0.270 e. The minimum Gasteiger partial charge on any atom is -0.202 e. The summed E-state index contributed by atoms with van der Waals surface area (Å²) in [5, 5.41) is 0. The molecule has 0 atom stereocenters. The van der Waals surface area contributed by atoms with Gasteiger partial charge >= 0.3 is 0 Å². The molecule has 0 radical (unpaired) electrons. The van der Waals surface area contributed by atoms with Crippen molar-refractivity contribution in [2.75, 3.05) is 0 Å². The van der Waals surface area contributed by atoms with Crippen LogP contribution in [-0.4, -0.2) is 0 Å². The first kappa shape index (κ1) is 10.9. The van der Waals surface area contributed by atoms with Crippen LogP contribution in [0.5, 0.6) is 0 Å². The minimum absolute atomic E-state index is 0.0583. The van der Waals surface area contributed by atoms with E-state index in [1.165, 1.54) is 12.1 Å². The molecule has 0 aliphatic carbocycles. The average Bonchev–Trinajstić information content (AvgIpc) is 2.02. The van der Waals surface area contributed by atoms with Crippen LogP contribution in [0.2, 0.25) is 0 Å². The molecule has 0 N–H and O–H groups in total. The highest BCUT2D eigenvalue weighted by atomic mass is 19.3. The molecule has 76 valence electrons. The van der Waals surface area contributed by atoms with Crippen molar-refractivity contribution in [3.63, 3.8) is 0 Å². The second kappa shape index (κ2) is 3.91. The molecule has 0 bridgehead atoms. The summed E-state index contributed by atoms with van der Waals surface area (Å²) in [6.45, 7) is 6.60. The first-order valence-electron chi connectivity index (χ1n) is 4.51. The largest absolute Gasteiger partial charge is 0.270 e. The smallest absolute Gasteiger partial charge is 0.202 e. The van der Waals surface area contributed by atoms with Crippen molar-refractivity contribution in [1.82, 2.24) is 0 Å². The summed E-state index contributed by atoms with van der Waals surface area (Å²) in [5.41, 5.74) is 2.11. The zero-order valence-corrected chi connectivity index (χ0v) is 8.48. The molecule has 0 aliphatic heterocycles. The molecule has 2 heteroatoms. The predicted molar refractivity (Wildman–Crippen MR) is 54.5 cm³/mol. The van der Waals surface area contributed by atoms with Crippen molar-refractivity contribution in [1.29, 1.82) is 0 Å². The Balaban J connectivity index is 2.84. The summed E-state index contributed by atoms with van der Waals surface area (Å²) in [5.74, 6) is -2.75. The molecule has 0 saturated heterocycles. The summed E-state index contributed by atoms with van der Waals surface area (Å²) < 4.78 is 25.7. The summed E-state index contributed by atoms with van der Waals surface area (Å²) in [4.78, 5) is 0. The van der Waals surface area contributed by atoms with Crippen molar-refractivity contribution < 1.29 is 8.78 Å². The predicted octanol–water partition coefficient (Wildman–Crippen LogP) is 3.92. The molecule has 0 amide bonds. The fourth-order valence-electron chi connectivity index (χ4n) is 1.26. The monoisotopic (exact) mass is 196 g/mol. The molecule has 0 fully saturated rings. The summed E-state index contributed by atoms with van der Waals surface area (Å²) in [6, 6.07) is 6.39. The highest BCUT2D eigenvalue weighted by Crippen LogP contribution is 2.26. The average molecular weight is 196 g/mol. The molecular formula is C12H14F2. The first-order valence-corrected chi connectivity index (χ1v) is 4.51. The SMILES string of the molecule is C=C(C)Cc1ccc(C(C)(F)F)cc1. The lowest BCUT2D eigenvalue weighted by Crippen LogP contribution is -2.06. The van der Waals surface area contributed by atoms with Gasteiger partial charge in [0.05, 0.1) is 0 Å². The third-order valence-electron chi connectivity index (χ3n) is 1.97. The number of hydrogen-bond acceptors (Lipinski definition) is 0. The Labute approximate surface area is 83.3 Å². The summed E-state index contributed by atoms with van der Waals surface area (Å²) in [7, 11) is 0. The fraction of sp³-hybridized carbons (Fsp3) is 0.333. The maximum absolute atomic E-state index is 12.8. The van der Waals surface area contributed by atoms with Crippen LogP contribution in [0.4, 0.5) is 8.78 Å². The maximum atomic E-state index is 12.8. The molecule has 0 nitrogen and oxygen atoms in total. The molecule has 0 saturated carbocycles. The highest BCUT2D eigenvalue weighted by molar-refractivity contribution is 5.27. The summed E-state index contributed by atoms with van der Waals surface area (Å²) in [6.07, 6.45) is 0.746. The highest BCUT2D eigenvalue weighted by Gasteiger charge is 2.23. The van der Waals surface area contributed by atoms with Crippen molar-refractivity contribution in [3.8, 4) is 0 Å². The summed E-state index contributed by atoms with van der Waals surface area (Å²) >= 11 is 0. The van der Waals surface area contributed by atoms with Gasteiger partial charge in [-0.15, -0.1) is 0 Å². The van der Waals surface area contributed by atoms with Gasteiger partial charge in [0.1, 0.15) is 0 Å². The molecule has 0 aliphatic rings. The molecule has 1 rings (SSSR count). The van der Waals surface area contributed by atoms with Crippen LogP contribution in [0, 0.1) is 0 Å². The van der Waals surface area contributed by atoms with E-state index in [9.17, 15) is 8.78 Å². The molecular weight excluding hydrogens is 182 g/mol. The van der Waals surface area contributed by atoms with Crippen LogP contribution < -0.4 is 0 Å². The van der Waals surface area contributed by atoms with Gasteiger partial charge in [-0.3, -0.25) is 0 Å². The van der Waals surface area contributed by atoms with Crippen LogP contribution in [0.25, 0.3) is 0 Å². The molecule has 0 unspecified atom stereocenters. The van der Waals surface area contributed by atoms with Gasteiger partial charge in [-0.1, -0.05) is 36.4 Å². The van der Waals surface area contributed by atoms with E-state index in [0.717, 1.165) is 24.5 Å². The van der Waals surface area contributed by atoms with Gasteiger partial charge in [0.2, 0.25) is 0 Å². The fourth-order valence-corrected chi connectivity index (χ4v) is 1.26. The van der Waals surface area contributed by atoms with Gasteiger partial charge in [-0.2, -0.15) is 0 Å². The number of halogens is 2. The normalized spacial score (nSPS) is 11.4. The van der Waals surface area contributed by atoms with E-state index in [2.05, 4.69) is 6.58 Å². The number of alkyl halides is 2. The molecule has 1 aromatic carbocycles. The molecule has 0 spiro atoms. The van der Waals surface area contributed by atoms with Crippen LogP contribution in [-0.2, 0) is 12.3 Å². The lowest BCUT2D eigenvalue weighted by Gasteiger charge is -2.10. The van der Waals surface area contributed by atoms with E-state index in [1.54, 1.807) is 12.1 Å². The van der Waals surface area contributed by atoms with Gasteiger partial charge in [-0.05, 0) is 18.9 Å². The Kier molecular flexibility index (Phi) is 3.04. The van der Waals surface area contributed by atoms with E-state index in [4.69, 9.17) is 0 Å². The number of rotatable bonds is 3. The van der Waals surface area contributed by atoms with Crippen LogP contribution in [0.15, 0.2) is 36.4 Å². The zero-order chi connectivity index (χ0) is 10.8. The van der Waals surface area contributed by atoms with Crippen molar-refractivity contribution in [2.24, 2.45) is 0 Å². The van der Waals surface area contributed by atoms with Crippen LogP contribution in [0.1, 0.15) is 25.0 Å². The van der Waals surface area contributed by atoms with Crippen LogP contribution in [0.3, 0.4) is 0 Å². The molecule has 1 aromatic rings. The molecule has 0 aromatic heterocycles. The Hall–Kier alpha value is -1.18. The standard InChI is InChI=1S/C12H14F2/c1-9(2)8-10-4-6-11(7-5-10)12(3,13)14/h4-7H,1,8H2,2-3H3. The molecule has 14 heavy (non-hydrogen) atoms. The number of allylic oxidation sites excluding steroid dienone is 1. The second-order valence-electron chi connectivity index (χ2n) is 3.72. The first-order chi connectivity index (χ1) is 6.39. The quantitative estimate of drug-likeness (QED) is 0.643. The van der Waals surface area contributed by atoms with E-state index in [-0.39, 0.29) is 5.56 Å². The lowest BCUT2D eigenvalue weighted by atomic mass is 10.0. The van der Waals surface area contributed by atoms with Gasteiger partial charge in [0.25, 0.3) is 5.92 Å². The number of benzene rings is 1. The van der Waals surface area contributed by atoms with Crippen LogP contribution >= 0.6 is 0 Å². The zero-order valence-electron chi connectivity index (χ0n) is 8.48. The Morgan fingerprint density at radius 3 is 2.14 bits per heavy atom. The van der Waals surface area contributed by atoms with Gasteiger partial charge in [0.15, 0.2) is 0 Å². The second-order valence-corrected chi connectivity index (χ2v) is 3.72. The van der Waals surface area contributed by atoms with Crippen molar-refractivity contribution >= 4 is 0 Å². The van der Waals surface area contributed by atoms with E-state index >= 15 is 0 Å². The third kappa shape index (κ3) is 2.95. The van der Waals surface area contributed by atoms with E-state index in [0.29, 0.717) is 0 Å².